The summed E-state index contributed by atoms with van der Waals surface area (Å²) in [7, 11) is 0. The predicted molar refractivity (Wildman–Crippen MR) is 46.0 cm³/mol. The number of hydrogen-bond donors (Lipinski definition) is 1. The van der Waals surface area contributed by atoms with Crippen LogP contribution in [0.15, 0.2) is 0 Å². The van der Waals surface area contributed by atoms with Crippen molar-refractivity contribution in [2.45, 2.75) is 32.0 Å². The maximum atomic E-state index is 10.4. The second kappa shape index (κ2) is 3.37. The van der Waals surface area contributed by atoms with E-state index in [2.05, 4.69) is 36.7 Å². The molecule has 0 rings (SSSR count). The number of carbonyl (C=O) groups is 1. The molecule has 0 bridgehead atoms. The van der Waals surface area contributed by atoms with E-state index in [0.29, 0.717) is 6.42 Å². The van der Waals surface area contributed by atoms with E-state index in [4.69, 9.17) is 5.73 Å². The zero-order valence-electron chi connectivity index (χ0n) is 6.65. The number of nitrogens with two attached hydrogens (primary N) is 1. The van der Waals surface area contributed by atoms with Gasteiger partial charge in [-0.15, -0.1) is 0 Å². The van der Waals surface area contributed by atoms with Gasteiger partial charge in [0.05, 0.1) is 0 Å². The summed E-state index contributed by atoms with van der Waals surface area (Å²) in [5.41, 5.74) is 5.13. The fraction of sp³-hybridized carbons (Fsp3) is 0.857. The molecule has 0 heterocycles. The van der Waals surface area contributed by atoms with Gasteiger partial charge in [-0.05, 0) is 5.41 Å². The molecule has 0 saturated heterocycles. The van der Waals surface area contributed by atoms with E-state index in [1.807, 2.05) is 0 Å². The number of alkyl halides is 1. The number of rotatable bonds is 2. The molecule has 0 spiro atoms. The van der Waals surface area contributed by atoms with Crippen LogP contribution in [-0.4, -0.2) is 10.7 Å². The van der Waals surface area contributed by atoms with Crippen LogP contribution in [0.3, 0.4) is 0 Å². The lowest BCUT2D eigenvalue weighted by Crippen LogP contribution is -2.26. The number of primary amides is 1. The summed E-state index contributed by atoms with van der Waals surface area (Å²) in [6.07, 6.45) is 0.406. The molecular weight excluding hydrogens is 194 g/mol. The Kier molecular flexibility index (Phi) is 3.36. The average Bonchev–Trinajstić information content (AvgIpc) is 1.60. The fourth-order valence-corrected chi connectivity index (χ4v) is 0.802. The minimum absolute atomic E-state index is 0.106. The first-order valence-electron chi connectivity index (χ1n) is 3.26. The van der Waals surface area contributed by atoms with Crippen molar-refractivity contribution >= 4 is 21.8 Å². The van der Waals surface area contributed by atoms with Crippen molar-refractivity contribution in [2.75, 3.05) is 0 Å². The van der Waals surface area contributed by atoms with E-state index in [1.165, 1.54) is 0 Å². The third-order valence-corrected chi connectivity index (χ3v) is 3.02. The van der Waals surface area contributed by atoms with Crippen molar-refractivity contribution in [3.8, 4) is 0 Å². The van der Waals surface area contributed by atoms with Crippen LogP contribution in [0.4, 0.5) is 0 Å². The van der Waals surface area contributed by atoms with Gasteiger partial charge in [0.1, 0.15) is 0 Å². The zero-order valence-corrected chi connectivity index (χ0v) is 8.23. The van der Waals surface area contributed by atoms with E-state index < -0.39 is 0 Å². The Morgan fingerprint density at radius 1 is 1.60 bits per heavy atom. The van der Waals surface area contributed by atoms with Gasteiger partial charge in [0.2, 0.25) is 5.91 Å². The summed E-state index contributed by atoms with van der Waals surface area (Å²) in [5.74, 6) is -0.253. The Balaban J connectivity index is 3.85. The van der Waals surface area contributed by atoms with Crippen LogP contribution in [0.2, 0.25) is 0 Å². The quantitative estimate of drug-likeness (QED) is 0.689. The second-order valence-electron chi connectivity index (χ2n) is 3.50. The highest BCUT2D eigenvalue weighted by molar-refractivity contribution is 9.09. The number of carbonyl (C=O) groups excluding carboxylic acids is 1. The topological polar surface area (TPSA) is 43.1 Å². The molecular formula is C7H14BrNO. The predicted octanol–water partition coefficient (Wildman–Crippen LogP) is 1.67. The molecule has 3 heteroatoms. The molecule has 0 unspecified atom stereocenters. The summed E-state index contributed by atoms with van der Waals surface area (Å²) in [4.78, 5) is 10.6. The van der Waals surface area contributed by atoms with E-state index in [9.17, 15) is 4.79 Å². The Morgan fingerprint density at radius 3 is 2.10 bits per heavy atom. The molecule has 2 nitrogen and oxygen atoms in total. The summed E-state index contributed by atoms with van der Waals surface area (Å²) in [6.45, 7) is 6.19. The molecule has 0 aliphatic rings. The molecule has 0 fully saturated rings. The lowest BCUT2D eigenvalue weighted by Gasteiger charge is -2.23. The molecule has 1 amide bonds. The normalized spacial score (nSPS) is 14.8. The van der Waals surface area contributed by atoms with Gasteiger partial charge in [0.25, 0.3) is 0 Å². The van der Waals surface area contributed by atoms with Crippen molar-refractivity contribution < 1.29 is 4.79 Å². The first-order valence-corrected chi connectivity index (χ1v) is 4.18. The molecule has 0 aromatic carbocycles. The zero-order chi connectivity index (χ0) is 8.36. The monoisotopic (exact) mass is 207 g/mol. The number of hydrogen-bond acceptors (Lipinski definition) is 1. The Hall–Kier alpha value is -0.0500. The highest BCUT2D eigenvalue weighted by Gasteiger charge is 2.22. The fourth-order valence-electron chi connectivity index (χ4n) is 0.483. The van der Waals surface area contributed by atoms with Crippen LogP contribution in [-0.2, 0) is 4.79 Å². The van der Waals surface area contributed by atoms with Gasteiger partial charge in [0, 0.05) is 11.2 Å². The van der Waals surface area contributed by atoms with Crippen LogP contribution >= 0.6 is 15.9 Å². The average molecular weight is 208 g/mol. The highest BCUT2D eigenvalue weighted by atomic mass is 79.9. The Morgan fingerprint density at radius 2 is 2.00 bits per heavy atom. The largest absolute Gasteiger partial charge is 0.370 e. The number of halogens is 1. The molecule has 0 aliphatic heterocycles. The lowest BCUT2D eigenvalue weighted by molar-refractivity contribution is -0.118. The first kappa shape index (κ1) is 9.95. The summed E-state index contributed by atoms with van der Waals surface area (Å²) >= 11 is 3.40. The van der Waals surface area contributed by atoms with Gasteiger partial charge >= 0.3 is 0 Å². The molecule has 1 atom stereocenters. The van der Waals surface area contributed by atoms with E-state index in [0.717, 1.165) is 0 Å². The standard InChI is InChI=1S/C7H14BrNO/c1-7(2,3)5(8)4-6(9)10/h5H,4H2,1-3H3,(H2,9,10)/t5-/m1/s1. The summed E-state index contributed by atoms with van der Waals surface area (Å²) in [5, 5.41) is 0. The van der Waals surface area contributed by atoms with Gasteiger partial charge < -0.3 is 5.73 Å². The molecule has 0 saturated carbocycles. The molecule has 2 N–H and O–H groups in total. The van der Waals surface area contributed by atoms with Gasteiger partial charge in [-0.25, -0.2) is 0 Å². The SMILES string of the molecule is CC(C)(C)[C@H](Br)CC(N)=O. The molecule has 0 aromatic heterocycles. The van der Waals surface area contributed by atoms with Crippen molar-refractivity contribution in [1.29, 1.82) is 0 Å². The summed E-state index contributed by atoms with van der Waals surface area (Å²) in [6, 6.07) is 0. The smallest absolute Gasteiger partial charge is 0.218 e. The first-order chi connectivity index (χ1) is 4.34. The van der Waals surface area contributed by atoms with E-state index >= 15 is 0 Å². The lowest BCUT2D eigenvalue weighted by atomic mass is 9.90. The van der Waals surface area contributed by atoms with Gasteiger partial charge in [-0.2, -0.15) is 0 Å². The molecule has 10 heavy (non-hydrogen) atoms. The number of amides is 1. The van der Waals surface area contributed by atoms with Crippen molar-refractivity contribution in [1.82, 2.24) is 0 Å². The van der Waals surface area contributed by atoms with Crippen molar-refractivity contribution in [3.63, 3.8) is 0 Å². The van der Waals surface area contributed by atoms with Gasteiger partial charge in [-0.1, -0.05) is 36.7 Å². The highest BCUT2D eigenvalue weighted by Crippen LogP contribution is 2.27. The van der Waals surface area contributed by atoms with Crippen molar-refractivity contribution in [2.24, 2.45) is 11.1 Å². The molecule has 0 aliphatic carbocycles. The van der Waals surface area contributed by atoms with Gasteiger partial charge in [0.15, 0.2) is 0 Å². The third kappa shape index (κ3) is 3.88. The molecule has 60 valence electrons. The minimum Gasteiger partial charge on any atom is -0.370 e. The van der Waals surface area contributed by atoms with E-state index in [-0.39, 0.29) is 16.1 Å². The van der Waals surface area contributed by atoms with Gasteiger partial charge in [-0.3, -0.25) is 4.79 Å². The van der Waals surface area contributed by atoms with Crippen LogP contribution in [0, 0.1) is 5.41 Å². The maximum Gasteiger partial charge on any atom is 0.218 e. The third-order valence-electron chi connectivity index (χ3n) is 1.32. The maximum absolute atomic E-state index is 10.4. The van der Waals surface area contributed by atoms with Crippen LogP contribution in [0.5, 0.6) is 0 Å². The minimum atomic E-state index is -0.253. The Labute approximate surface area is 70.3 Å². The molecule has 0 aromatic rings. The Bertz CT molecular complexity index is 128. The summed E-state index contributed by atoms with van der Waals surface area (Å²) < 4.78 is 0. The van der Waals surface area contributed by atoms with Crippen LogP contribution in [0.25, 0.3) is 0 Å². The molecule has 0 radical (unpaired) electrons. The van der Waals surface area contributed by atoms with Crippen LogP contribution < -0.4 is 5.73 Å². The second-order valence-corrected chi connectivity index (χ2v) is 4.61. The van der Waals surface area contributed by atoms with E-state index in [1.54, 1.807) is 0 Å². The van der Waals surface area contributed by atoms with Crippen molar-refractivity contribution in [3.05, 3.63) is 0 Å². The van der Waals surface area contributed by atoms with Crippen LogP contribution in [0.1, 0.15) is 27.2 Å².